The number of hydrogen-bond acceptors (Lipinski definition) is 3. The zero-order chi connectivity index (χ0) is 13.4. The van der Waals surface area contributed by atoms with Gasteiger partial charge in [0.1, 0.15) is 5.65 Å². The van der Waals surface area contributed by atoms with Gasteiger partial charge in [-0.3, -0.25) is 0 Å². The lowest BCUT2D eigenvalue weighted by atomic mass is 9.82. The number of hydrogen-bond donors (Lipinski definition) is 2. The average Bonchev–Trinajstić information content (AvgIpc) is 2.82. The van der Waals surface area contributed by atoms with Crippen LogP contribution in [0.1, 0.15) is 0 Å². The predicted molar refractivity (Wildman–Crippen MR) is 82.7 cm³/mol. The zero-order valence-electron chi connectivity index (χ0n) is 10.3. The van der Waals surface area contributed by atoms with Gasteiger partial charge in [-0.25, -0.2) is 4.98 Å². The molecule has 0 unspecified atom stereocenters. The summed E-state index contributed by atoms with van der Waals surface area (Å²) in [6, 6.07) is 10.8. The second-order valence-electron chi connectivity index (χ2n) is 4.23. The Bertz CT molecular complexity index is 729. The Morgan fingerprint density at radius 3 is 2.35 bits per heavy atom. The van der Waals surface area contributed by atoms with Crippen LogP contribution in [0.25, 0.3) is 16.9 Å². The predicted octanol–water partition coefficient (Wildman–Crippen LogP) is 1.76. The van der Waals surface area contributed by atoms with E-state index in [1.807, 2.05) is 30.5 Å². The van der Waals surface area contributed by atoms with Crippen LogP contribution in [-0.2, 0) is 0 Å². The molecule has 0 spiro atoms. The molecule has 0 atom stereocenters. The maximum atomic E-state index is 9.14. The first-order chi connectivity index (χ1) is 9.13. The molecule has 0 radical (unpaired) electrons. The smallest absolute Gasteiger partial charge is 0.423 e. The molecule has 0 saturated heterocycles. The minimum atomic E-state index is -1.48. The zero-order valence-corrected chi connectivity index (χ0v) is 11.8. The van der Waals surface area contributed by atoms with Crippen molar-refractivity contribution < 1.29 is 10.0 Å². The van der Waals surface area contributed by atoms with E-state index < -0.39 is 7.12 Å². The van der Waals surface area contributed by atoms with Crippen molar-refractivity contribution in [3.63, 3.8) is 0 Å². The van der Waals surface area contributed by atoms with Gasteiger partial charge in [0.05, 0.1) is 5.69 Å². The number of pyridine rings is 1. The standard InChI is InChI=1S/C13H10BClN2O2.ClH/c15-11-4-1-9(2-5-11)12-8-17-7-10(14(18)19)3-6-13(17)16-12;/h1-8,18-19H;1H. The quantitative estimate of drug-likeness (QED) is 0.709. The Labute approximate surface area is 127 Å². The van der Waals surface area contributed by atoms with Crippen molar-refractivity contribution in [3.05, 3.63) is 53.8 Å². The number of nitrogens with zero attached hydrogens (tertiary/aromatic N) is 2. The van der Waals surface area contributed by atoms with Gasteiger partial charge < -0.3 is 14.4 Å². The fourth-order valence-electron chi connectivity index (χ4n) is 1.92. The van der Waals surface area contributed by atoms with Crippen LogP contribution in [0.2, 0.25) is 5.02 Å². The number of aromatic nitrogens is 2. The van der Waals surface area contributed by atoms with Gasteiger partial charge in [0.25, 0.3) is 0 Å². The van der Waals surface area contributed by atoms with E-state index >= 15 is 0 Å². The minimum Gasteiger partial charge on any atom is -0.423 e. The van der Waals surface area contributed by atoms with Gasteiger partial charge in [-0.05, 0) is 23.7 Å². The molecule has 0 fully saturated rings. The van der Waals surface area contributed by atoms with Crippen molar-refractivity contribution in [2.75, 3.05) is 0 Å². The number of halogens is 2. The van der Waals surface area contributed by atoms with E-state index in [2.05, 4.69) is 4.98 Å². The summed E-state index contributed by atoms with van der Waals surface area (Å²) in [6.45, 7) is 0. The molecule has 4 nitrogen and oxygen atoms in total. The van der Waals surface area contributed by atoms with E-state index in [1.54, 1.807) is 22.7 Å². The Morgan fingerprint density at radius 2 is 1.70 bits per heavy atom. The summed E-state index contributed by atoms with van der Waals surface area (Å²) in [4.78, 5) is 4.47. The number of imidazole rings is 1. The van der Waals surface area contributed by atoms with Crippen molar-refractivity contribution >= 4 is 42.2 Å². The van der Waals surface area contributed by atoms with Crippen molar-refractivity contribution in [3.8, 4) is 11.3 Å². The molecule has 2 heterocycles. The second kappa shape index (κ2) is 5.85. The van der Waals surface area contributed by atoms with E-state index in [9.17, 15) is 0 Å². The normalized spacial score (nSPS) is 10.3. The van der Waals surface area contributed by atoms with Gasteiger partial charge in [0.15, 0.2) is 0 Å². The van der Waals surface area contributed by atoms with Crippen LogP contribution in [0.15, 0.2) is 48.8 Å². The lowest BCUT2D eigenvalue weighted by molar-refractivity contribution is 0.425. The summed E-state index contributed by atoms with van der Waals surface area (Å²) in [5.74, 6) is 0. The highest BCUT2D eigenvalue weighted by Gasteiger charge is 2.12. The second-order valence-corrected chi connectivity index (χ2v) is 4.67. The highest BCUT2D eigenvalue weighted by atomic mass is 35.5. The van der Waals surface area contributed by atoms with Crippen LogP contribution >= 0.6 is 24.0 Å². The molecule has 20 heavy (non-hydrogen) atoms. The molecule has 2 N–H and O–H groups in total. The first-order valence-electron chi connectivity index (χ1n) is 5.74. The van der Waals surface area contributed by atoms with Crippen molar-refractivity contribution in [2.45, 2.75) is 0 Å². The van der Waals surface area contributed by atoms with Crippen LogP contribution in [0.5, 0.6) is 0 Å². The van der Waals surface area contributed by atoms with Gasteiger partial charge in [-0.15, -0.1) is 12.4 Å². The van der Waals surface area contributed by atoms with Crippen LogP contribution in [0.3, 0.4) is 0 Å². The topological polar surface area (TPSA) is 57.8 Å². The minimum absolute atomic E-state index is 0. The molecule has 0 aliphatic heterocycles. The first kappa shape index (κ1) is 14.9. The fourth-order valence-corrected chi connectivity index (χ4v) is 2.05. The lowest BCUT2D eigenvalue weighted by Gasteiger charge is -1.99. The maximum absolute atomic E-state index is 9.14. The number of benzene rings is 1. The van der Waals surface area contributed by atoms with Crippen LogP contribution in [0, 0.1) is 0 Å². The third-order valence-corrected chi connectivity index (χ3v) is 3.16. The molecule has 0 bridgehead atoms. The summed E-state index contributed by atoms with van der Waals surface area (Å²) in [6.07, 6.45) is 3.48. The largest absolute Gasteiger partial charge is 0.489 e. The molecule has 102 valence electrons. The Hall–Kier alpha value is -1.53. The third-order valence-electron chi connectivity index (χ3n) is 2.91. The van der Waals surface area contributed by atoms with Crippen molar-refractivity contribution in [1.29, 1.82) is 0 Å². The highest BCUT2D eigenvalue weighted by Crippen LogP contribution is 2.20. The summed E-state index contributed by atoms with van der Waals surface area (Å²) >= 11 is 5.85. The van der Waals surface area contributed by atoms with Gasteiger partial charge in [0.2, 0.25) is 0 Å². The molecule has 0 amide bonds. The molecule has 3 aromatic rings. The van der Waals surface area contributed by atoms with Gasteiger partial charge >= 0.3 is 7.12 Å². The van der Waals surface area contributed by atoms with E-state index in [4.69, 9.17) is 21.6 Å². The summed E-state index contributed by atoms with van der Waals surface area (Å²) in [5.41, 5.74) is 2.93. The van der Waals surface area contributed by atoms with Gasteiger partial charge in [0, 0.05) is 23.0 Å². The molecule has 3 rings (SSSR count). The Balaban J connectivity index is 0.00000147. The molecule has 0 saturated carbocycles. The van der Waals surface area contributed by atoms with E-state index in [0.717, 1.165) is 16.9 Å². The molecule has 0 aliphatic carbocycles. The van der Waals surface area contributed by atoms with Gasteiger partial charge in [-0.1, -0.05) is 29.8 Å². The summed E-state index contributed by atoms with van der Waals surface area (Å²) < 4.78 is 1.76. The lowest BCUT2D eigenvalue weighted by Crippen LogP contribution is -2.30. The fraction of sp³-hybridized carbons (Fsp3) is 0. The average molecular weight is 309 g/mol. The SMILES string of the molecule is Cl.OB(O)c1ccc2nc(-c3ccc(Cl)cc3)cn2c1. The summed E-state index contributed by atoms with van der Waals surface area (Å²) in [7, 11) is -1.48. The molecule has 7 heteroatoms. The van der Waals surface area contributed by atoms with Crippen molar-refractivity contribution in [1.82, 2.24) is 9.38 Å². The number of fused-ring (bicyclic) bond motifs is 1. The van der Waals surface area contributed by atoms with Crippen LogP contribution in [0.4, 0.5) is 0 Å². The van der Waals surface area contributed by atoms with E-state index in [-0.39, 0.29) is 12.4 Å². The highest BCUT2D eigenvalue weighted by molar-refractivity contribution is 6.58. The molecule has 1 aromatic carbocycles. The molecular formula is C13H11BCl2N2O2. The van der Waals surface area contributed by atoms with E-state index in [1.165, 1.54) is 0 Å². The number of rotatable bonds is 2. The Kier molecular flexibility index (Phi) is 4.35. The monoisotopic (exact) mass is 308 g/mol. The summed E-state index contributed by atoms with van der Waals surface area (Å²) in [5, 5.41) is 19.0. The Morgan fingerprint density at radius 1 is 1.00 bits per heavy atom. The molecular weight excluding hydrogens is 298 g/mol. The van der Waals surface area contributed by atoms with Crippen molar-refractivity contribution in [2.24, 2.45) is 0 Å². The van der Waals surface area contributed by atoms with Gasteiger partial charge in [-0.2, -0.15) is 0 Å². The van der Waals surface area contributed by atoms with E-state index in [0.29, 0.717) is 10.5 Å². The molecule has 0 aliphatic rings. The first-order valence-corrected chi connectivity index (χ1v) is 6.12. The molecule has 2 aromatic heterocycles. The van der Waals surface area contributed by atoms with Crippen LogP contribution in [-0.4, -0.2) is 26.6 Å². The van der Waals surface area contributed by atoms with Crippen LogP contribution < -0.4 is 5.46 Å². The maximum Gasteiger partial charge on any atom is 0.489 e. The third kappa shape index (κ3) is 2.81.